The molecule has 1 rings (SSSR count). The van der Waals surface area contributed by atoms with Gasteiger partial charge in [-0.05, 0) is 18.6 Å². The molecule has 0 aliphatic carbocycles. The first-order valence-electron chi connectivity index (χ1n) is 4.66. The van der Waals surface area contributed by atoms with E-state index < -0.39 is 29.6 Å². The van der Waals surface area contributed by atoms with Gasteiger partial charge >= 0.3 is 0 Å². The number of anilines is 1. The summed E-state index contributed by atoms with van der Waals surface area (Å²) in [6.07, 6.45) is -0.455. The van der Waals surface area contributed by atoms with Crippen molar-refractivity contribution in [1.82, 2.24) is 0 Å². The maximum Gasteiger partial charge on any atom is 0.232 e. The van der Waals surface area contributed by atoms with Crippen LogP contribution < -0.4 is 11.1 Å². The summed E-state index contributed by atoms with van der Waals surface area (Å²) in [4.78, 5) is 11.3. The number of halogens is 2. The number of nitrogens with one attached hydrogen (secondary N) is 1. The predicted molar refractivity (Wildman–Crippen MR) is 57.8 cm³/mol. The molecule has 0 aliphatic heterocycles. The van der Waals surface area contributed by atoms with Crippen molar-refractivity contribution < 1.29 is 18.8 Å². The molecule has 92 valence electrons. The van der Waals surface area contributed by atoms with Gasteiger partial charge in [-0.3, -0.25) is 4.79 Å². The molecule has 1 aromatic carbocycles. The van der Waals surface area contributed by atoms with Gasteiger partial charge in [-0.25, -0.2) is 8.78 Å². The molecule has 17 heavy (non-hydrogen) atoms. The molecule has 1 aromatic rings. The van der Waals surface area contributed by atoms with Crippen molar-refractivity contribution in [1.29, 1.82) is 0 Å². The maximum absolute atomic E-state index is 13.5. The second kappa shape index (κ2) is 5.24. The van der Waals surface area contributed by atoms with Crippen LogP contribution in [0.3, 0.4) is 0 Å². The van der Waals surface area contributed by atoms with E-state index >= 15 is 0 Å². The van der Waals surface area contributed by atoms with E-state index in [0.717, 1.165) is 6.07 Å². The highest BCUT2D eigenvalue weighted by Gasteiger charge is 2.14. The maximum atomic E-state index is 13.5. The number of nitrogens with two attached hydrogens (primary N) is 1. The molecule has 5 nitrogen and oxygen atoms in total. The number of nitrogens with zero attached hydrogens (tertiary/aromatic N) is 1. The number of carbonyl (C=O) groups excluding carboxylic acids is 1. The first-order valence-corrected chi connectivity index (χ1v) is 4.66. The van der Waals surface area contributed by atoms with Crippen LogP contribution in [-0.2, 0) is 4.79 Å². The van der Waals surface area contributed by atoms with Crippen LogP contribution in [0.4, 0.5) is 14.5 Å². The SMILES string of the molecule is Cc1ccc(F)c(NC(=O)C/C(N)=N/O)c1F. The number of rotatable bonds is 3. The van der Waals surface area contributed by atoms with Gasteiger partial charge in [0.25, 0.3) is 0 Å². The van der Waals surface area contributed by atoms with Crippen molar-refractivity contribution in [2.75, 3.05) is 5.32 Å². The number of carbonyl (C=O) groups is 1. The Hall–Kier alpha value is -2.18. The smallest absolute Gasteiger partial charge is 0.232 e. The lowest BCUT2D eigenvalue weighted by Gasteiger charge is -2.08. The zero-order chi connectivity index (χ0) is 13.0. The molecule has 0 atom stereocenters. The summed E-state index contributed by atoms with van der Waals surface area (Å²) in [6, 6.07) is 2.29. The summed E-state index contributed by atoms with van der Waals surface area (Å²) in [5, 5.41) is 12.8. The van der Waals surface area contributed by atoms with Gasteiger partial charge in [-0.15, -0.1) is 0 Å². The van der Waals surface area contributed by atoms with Crippen LogP contribution in [-0.4, -0.2) is 17.0 Å². The Morgan fingerprint density at radius 1 is 1.53 bits per heavy atom. The van der Waals surface area contributed by atoms with Gasteiger partial charge in [0.05, 0.1) is 6.42 Å². The van der Waals surface area contributed by atoms with Crippen LogP contribution in [0.5, 0.6) is 0 Å². The predicted octanol–water partition coefficient (Wildman–Crippen LogP) is 1.35. The molecule has 0 bridgehead atoms. The Balaban J connectivity index is 2.89. The Bertz CT molecular complexity index is 475. The van der Waals surface area contributed by atoms with E-state index in [4.69, 9.17) is 10.9 Å². The van der Waals surface area contributed by atoms with E-state index in [2.05, 4.69) is 5.16 Å². The first-order chi connectivity index (χ1) is 7.95. The zero-order valence-electron chi connectivity index (χ0n) is 9.00. The fourth-order valence-electron chi connectivity index (χ4n) is 1.15. The molecule has 0 unspecified atom stereocenters. The molecule has 0 aliphatic rings. The van der Waals surface area contributed by atoms with Crippen molar-refractivity contribution in [3.05, 3.63) is 29.3 Å². The molecular weight excluding hydrogens is 232 g/mol. The van der Waals surface area contributed by atoms with E-state index in [1.807, 2.05) is 5.32 Å². The molecule has 4 N–H and O–H groups in total. The van der Waals surface area contributed by atoms with Crippen molar-refractivity contribution in [2.45, 2.75) is 13.3 Å². The number of hydrogen-bond donors (Lipinski definition) is 3. The van der Waals surface area contributed by atoms with Gasteiger partial charge in [0.1, 0.15) is 17.3 Å². The molecule has 1 amide bonds. The highest BCUT2D eigenvalue weighted by Crippen LogP contribution is 2.21. The number of oxime groups is 1. The quantitative estimate of drug-likeness (QED) is 0.324. The normalized spacial score (nSPS) is 11.4. The van der Waals surface area contributed by atoms with E-state index in [-0.39, 0.29) is 11.4 Å². The summed E-state index contributed by atoms with van der Waals surface area (Å²) in [6.45, 7) is 1.44. The Kier molecular flexibility index (Phi) is 3.97. The zero-order valence-corrected chi connectivity index (χ0v) is 9.00. The van der Waals surface area contributed by atoms with E-state index in [9.17, 15) is 13.6 Å². The Morgan fingerprint density at radius 2 is 2.18 bits per heavy atom. The lowest BCUT2D eigenvalue weighted by molar-refractivity contribution is -0.115. The number of hydrogen-bond acceptors (Lipinski definition) is 3. The van der Waals surface area contributed by atoms with Gasteiger partial charge in [0.2, 0.25) is 5.91 Å². The molecular formula is C10H11F2N3O2. The second-order valence-corrected chi connectivity index (χ2v) is 3.37. The van der Waals surface area contributed by atoms with Crippen LogP contribution in [0.1, 0.15) is 12.0 Å². The highest BCUT2D eigenvalue weighted by molar-refractivity contribution is 6.04. The largest absolute Gasteiger partial charge is 0.409 e. The number of aryl methyl sites for hydroxylation is 1. The Morgan fingerprint density at radius 3 is 2.76 bits per heavy atom. The molecule has 0 saturated heterocycles. The third kappa shape index (κ3) is 3.13. The van der Waals surface area contributed by atoms with Crippen LogP contribution in [0.15, 0.2) is 17.3 Å². The summed E-state index contributed by atoms with van der Waals surface area (Å²) < 4.78 is 26.7. The van der Waals surface area contributed by atoms with Crippen molar-refractivity contribution in [3.63, 3.8) is 0 Å². The molecule has 0 spiro atoms. The van der Waals surface area contributed by atoms with Crippen LogP contribution >= 0.6 is 0 Å². The second-order valence-electron chi connectivity index (χ2n) is 3.37. The van der Waals surface area contributed by atoms with E-state index in [1.54, 1.807) is 0 Å². The average molecular weight is 243 g/mol. The van der Waals surface area contributed by atoms with Gasteiger partial charge in [0.15, 0.2) is 5.82 Å². The van der Waals surface area contributed by atoms with E-state index in [1.165, 1.54) is 13.0 Å². The lowest BCUT2D eigenvalue weighted by atomic mass is 10.2. The third-order valence-corrected chi connectivity index (χ3v) is 2.02. The van der Waals surface area contributed by atoms with Crippen molar-refractivity contribution in [2.24, 2.45) is 10.9 Å². The summed E-state index contributed by atoms with van der Waals surface area (Å²) in [5.41, 5.74) is 4.74. The fraction of sp³-hybridized carbons (Fsp3) is 0.200. The summed E-state index contributed by atoms with van der Waals surface area (Å²) in [7, 11) is 0. The monoisotopic (exact) mass is 243 g/mol. The summed E-state index contributed by atoms with van der Waals surface area (Å²) >= 11 is 0. The lowest BCUT2D eigenvalue weighted by Crippen LogP contribution is -2.23. The minimum atomic E-state index is -0.888. The number of amidine groups is 1. The number of benzene rings is 1. The standard InChI is InChI=1S/C10H11F2N3O2/c1-5-2-3-6(11)10(9(5)12)14-8(16)4-7(13)15-17/h2-3,17H,4H2,1H3,(H2,13,15)(H,14,16). The molecule has 0 radical (unpaired) electrons. The van der Waals surface area contributed by atoms with Gasteiger partial charge < -0.3 is 16.3 Å². The van der Waals surface area contributed by atoms with Crippen LogP contribution in [0.25, 0.3) is 0 Å². The first kappa shape index (κ1) is 12.9. The Labute approximate surface area is 95.9 Å². The van der Waals surface area contributed by atoms with Gasteiger partial charge in [0, 0.05) is 0 Å². The summed E-state index contributed by atoms with van der Waals surface area (Å²) in [5.74, 6) is -2.86. The van der Waals surface area contributed by atoms with Crippen molar-refractivity contribution >= 4 is 17.4 Å². The minimum absolute atomic E-state index is 0.200. The number of amides is 1. The topological polar surface area (TPSA) is 87.7 Å². The van der Waals surface area contributed by atoms with Crippen LogP contribution in [0, 0.1) is 18.6 Å². The van der Waals surface area contributed by atoms with Crippen molar-refractivity contribution in [3.8, 4) is 0 Å². The van der Waals surface area contributed by atoms with E-state index in [0.29, 0.717) is 0 Å². The fourth-order valence-corrected chi connectivity index (χ4v) is 1.15. The molecule has 0 aromatic heterocycles. The van der Waals surface area contributed by atoms with Crippen LogP contribution in [0.2, 0.25) is 0 Å². The molecule has 7 heteroatoms. The molecule has 0 saturated carbocycles. The highest BCUT2D eigenvalue weighted by atomic mass is 19.1. The molecule has 0 heterocycles. The van der Waals surface area contributed by atoms with Gasteiger partial charge in [-0.2, -0.15) is 0 Å². The average Bonchev–Trinajstić information content (AvgIpc) is 2.29. The molecule has 0 fully saturated rings. The van der Waals surface area contributed by atoms with Gasteiger partial charge in [-0.1, -0.05) is 11.2 Å². The minimum Gasteiger partial charge on any atom is -0.409 e. The third-order valence-electron chi connectivity index (χ3n) is 2.02.